The second-order valence-electron chi connectivity index (χ2n) is 7.78. The molecule has 0 N–H and O–H groups in total. The molecule has 1 aliphatic rings. The van der Waals surface area contributed by atoms with Crippen molar-refractivity contribution < 1.29 is 22.0 Å². The third kappa shape index (κ3) is 5.09. The van der Waals surface area contributed by atoms with E-state index in [1.165, 1.54) is 16.4 Å². The summed E-state index contributed by atoms with van der Waals surface area (Å²) in [5.41, 5.74) is 0.237. The number of amides is 1. The molecule has 1 aliphatic heterocycles. The van der Waals surface area contributed by atoms with Crippen molar-refractivity contribution in [2.75, 3.05) is 13.1 Å². The normalized spacial score (nSPS) is 15.4. The number of furan rings is 2. The molecule has 1 fully saturated rings. The number of benzene rings is 1. The fourth-order valence-corrected chi connectivity index (χ4v) is 5.84. The zero-order valence-electron chi connectivity index (χ0n) is 17.6. The van der Waals surface area contributed by atoms with Gasteiger partial charge in [-0.15, -0.1) is 0 Å². The third-order valence-corrected chi connectivity index (χ3v) is 7.88. The maximum atomic E-state index is 13.4. The lowest BCUT2D eigenvalue weighted by Crippen LogP contribution is -2.33. The first-order valence-corrected chi connectivity index (χ1v) is 12.4. The molecule has 32 heavy (non-hydrogen) atoms. The first-order chi connectivity index (χ1) is 15.4. The van der Waals surface area contributed by atoms with Gasteiger partial charge in [-0.05, 0) is 55.3 Å². The second kappa shape index (κ2) is 9.94. The lowest BCUT2D eigenvalue weighted by molar-refractivity contribution is 0.0704. The van der Waals surface area contributed by atoms with E-state index in [4.69, 9.17) is 20.4 Å². The molecule has 0 unspecified atom stereocenters. The van der Waals surface area contributed by atoms with Gasteiger partial charge in [0.05, 0.1) is 30.6 Å². The number of halogens is 1. The molecule has 1 aromatic carbocycles. The first kappa shape index (κ1) is 22.6. The van der Waals surface area contributed by atoms with Crippen LogP contribution in [0.5, 0.6) is 0 Å². The van der Waals surface area contributed by atoms with Gasteiger partial charge in [0.25, 0.3) is 5.91 Å². The molecule has 4 rings (SSSR count). The quantitative estimate of drug-likeness (QED) is 0.482. The highest BCUT2D eigenvalue weighted by Gasteiger charge is 2.29. The van der Waals surface area contributed by atoms with Gasteiger partial charge in [0.15, 0.2) is 0 Å². The molecule has 9 heteroatoms. The van der Waals surface area contributed by atoms with Gasteiger partial charge < -0.3 is 13.7 Å². The second-order valence-corrected chi connectivity index (χ2v) is 10.1. The van der Waals surface area contributed by atoms with Gasteiger partial charge in [-0.3, -0.25) is 4.79 Å². The molecule has 1 amide bonds. The van der Waals surface area contributed by atoms with Crippen molar-refractivity contribution in [3.05, 3.63) is 77.1 Å². The zero-order chi connectivity index (χ0) is 22.6. The van der Waals surface area contributed by atoms with Crippen LogP contribution in [0.15, 0.2) is 68.7 Å². The van der Waals surface area contributed by atoms with Crippen LogP contribution in [0.2, 0.25) is 5.02 Å². The third-order valence-electron chi connectivity index (χ3n) is 5.50. The van der Waals surface area contributed by atoms with Crippen LogP contribution < -0.4 is 0 Å². The molecule has 0 bridgehead atoms. The van der Waals surface area contributed by atoms with Crippen molar-refractivity contribution in [2.45, 2.75) is 43.7 Å². The summed E-state index contributed by atoms with van der Waals surface area (Å²) >= 11 is 6.29. The van der Waals surface area contributed by atoms with Crippen molar-refractivity contribution in [2.24, 2.45) is 0 Å². The highest BCUT2D eigenvalue weighted by atomic mass is 35.5. The maximum absolute atomic E-state index is 13.4. The number of hydrogen-bond donors (Lipinski definition) is 0. The molecule has 1 saturated heterocycles. The number of sulfonamides is 1. The molecule has 170 valence electrons. The van der Waals surface area contributed by atoms with Crippen LogP contribution in [0.4, 0.5) is 0 Å². The summed E-state index contributed by atoms with van der Waals surface area (Å²) < 4.78 is 38.9. The van der Waals surface area contributed by atoms with E-state index in [2.05, 4.69) is 0 Å². The summed E-state index contributed by atoms with van der Waals surface area (Å²) in [5, 5.41) is 0.106. The van der Waals surface area contributed by atoms with Crippen molar-refractivity contribution in [3.8, 4) is 0 Å². The molecule has 7 nitrogen and oxygen atoms in total. The van der Waals surface area contributed by atoms with Crippen LogP contribution in [-0.2, 0) is 23.1 Å². The van der Waals surface area contributed by atoms with Crippen LogP contribution in [0.25, 0.3) is 0 Å². The minimum Gasteiger partial charge on any atom is -0.467 e. The van der Waals surface area contributed by atoms with Crippen LogP contribution in [0.3, 0.4) is 0 Å². The Labute approximate surface area is 192 Å². The van der Waals surface area contributed by atoms with Crippen molar-refractivity contribution in [1.82, 2.24) is 9.21 Å². The van der Waals surface area contributed by atoms with Gasteiger partial charge >= 0.3 is 0 Å². The van der Waals surface area contributed by atoms with Crippen molar-refractivity contribution >= 4 is 27.5 Å². The molecular weight excluding hydrogens is 452 g/mol. The van der Waals surface area contributed by atoms with Gasteiger partial charge in [-0.25, -0.2) is 8.42 Å². The lowest BCUT2D eigenvalue weighted by Gasteiger charge is -2.23. The Kier molecular flexibility index (Phi) is 7.03. The summed E-state index contributed by atoms with van der Waals surface area (Å²) in [7, 11) is -3.80. The standard InChI is InChI=1S/C23H25ClN2O5S/c24-21-10-9-18(15-22(21)32(28,29)26-11-3-1-2-4-12-26)23(27)25(16-19-7-5-13-30-19)17-20-8-6-14-31-20/h5-10,13-15H,1-4,11-12,16-17H2. The lowest BCUT2D eigenvalue weighted by atomic mass is 10.2. The van der Waals surface area contributed by atoms with E-state index in [1.807, 2.05) is 0 Å². The maximum Gasteiger partial charge on any atom is 0.254 e. The molecule has 0 spiro atoms. The van der Waals surface area contributed by atoms with E-state index in [0.717, 1.165) is 25.7 Å². The topological polar surface area (TPSA) is 84.0 Å². The molecule has 0 saturated carbocycles. The summed E-state index contributed by atoms with van der Waals surface area (Å²) in [6.07, 6.45) is 6.72. The van der Waals surface area contributed by atoms with Gasteiger partial charge in [0.2, 0.25) is 10.0 Å². The van der Waals surface area contributed by atoms with E-state index in [1.54, 1.807) is 47.8 Å². The van der Waals surface area contributed by atoms with E-state index in [0.29, 0.717) is 24.6 Å². The summed E-state index contributed by atoms with van der Waals surface area (Å²) in [4.78, 5) is 14.9. The molecule has 3 heterocycles. The van der Waals surface area contributed by atoms with Crippen molar-refractivity contribution in [3.63, 3.8) is 0 Å². The molecule has 0 aliphatic carbocycles. The Morgan fingerprint density at radius 1 is 0.938 bits per heavy atom. The fourth-order valence-electron chi connectivity index (χ4n) is 3.82. The smallest absolute Gasteiger partial charge is 0.254 e. The van der Waals surface area contributed by atoms with Gasteiger partial charge in [-0.1, -0.05) is 24.4 Å². The summed E-state index contributed by atoms with van der Waals surface area (Å²) in [5.74, 6) is 0.870. The Bertz CT molecular complexity index is 1100. The average Bonchev–Trinajstić information content (AvgIpc) is 3.41. The van der Waals surface area contributed by atoms with E-state index < -0.39 is 10.0 Å². The highest BCUT2D eigenvalue weighted by Crippen LogP contribution is 2.28. The zero-order valence-corrected chi connectivity index (χ0v) is 19.1. The summed E-state index contributed by atoms with van der Waals surface area (Å²) in [6, 6.07) is 11.4. The Morgan fingerprint density at radius 2 is 1.53 bits per heavy atom. The van der Waals surface area contributed by atoms with Crippen LogP contribution in [0.1, 0.15) is 47.6 Å². The summed E-state index contributed by atoms with van der Waals surface area (Å²) in [6.45, 7) is 1.34. The Hall–Kier alpha value is -2.55. The molecule has 0 atom stereocenters. The molecule has 2 aromatic heterocycles. The van der Waals surface area contributed by atoms with Crippen LogP contribution in [0, 0.1) is 0 Å². The predicted octanol–water partition coefficient (Wildman–Crippen LogP) is 4.93. The molecule has 0 radical (unpaired) electrons. The van der Waals surface area contributed by atoms with Crippen molar-refractivity contribution in [1.29, 1.82) is 0 Å². The van der Waals surface area contributed by atoms with Gasteiger partial charge in [-0.2, -0.15) is 4.31 Å². The van der Waals surface area contributed by atoms with E-state index in [9.17, 15) is 13.2 Å². The first-order valence-electron chi connectivity index (χ1n) is 10.6. The number of hydrogen-bond acceptors (Lipinski definition) is 5. The highest BCUT2D eigenvalue weighted by molar-refractivity contribution is 7.89. The number of nitrogens with zero attached hydrogens (tertiary/aromatic N) is 2. The fraction of sp³-hybridized carbons (Fsp3) is 0.348. The minimum atomic E-state index is -3.80. The number of rotatable bonds is 7. The van der Waals surface area contributed by atoms with E-state index >= 15 is 0 Å². The van der Waals surface area contributed by atoms with E-state index in [-0.39, 0.29) is 34.5 Å². The SMILES string of the molecule is O=C(c1ccc(Cl)c(S(=O)(=O)N2CCCCCC2)c1)N(Cc1ccco1)Cc1ccco1. The Morgan fingerprint density at radius 3 is 2.06 bits per heavy atom. The molecular formula is C23H25ClN2O5S. The van der Waals surface area contributed by atoms with Crippen LogP contribution >= 0.6 is 11.6 Å². The monoisotopic (exact) mass is 476 g/mol. The van der Waals surface area contributed by atoms with Gasteiger partial charge in [0, 0.05) is 18.7 Å². The average molecular weight is 477 g/mol. The van der Waals surface area contributed by atoms with Crippen LogP contribution in [-0.4, -0.2) is 36.6 Å². The Balaban J connectivity index is 1.64. The number of carbonyl (C=O) groups is 1. The minimum absolute atomic E-state index is 0.0390. The number of carbonyl (C=O) groups excluding carboxylic acids is 1. The largest absolute Gasteiger partial charge is 0.467 e. The predicted molar refractivity (Wildman–Crippen MR) is 120 cm³/mol. The molecule has 3 aromatic rings. The van der Waals surface area contributed by atoms with Gasteiger partial charge in [0.1, 0.15) is 16.4 Å².